The molecular weight excluding hydrogens is 288 g/mol. The Balaban J connectivity index is 2.10. The summed E-state index contributed by atoms with van der Waals surface area (Å²) in [5, 5.41) is 6.03. The van der Waals surface area contributed by atoms with Crippen molar-refractivity contribution in [2.75, 3.05) is 10.6 Å². The van der Waals surface area contributed by atoms with Crippen LogP contribution in [0.1, 0.15) is 35.3 Å². The third-order valence-electron chi connectivity index (χ3n) is 3.71. The van der Waals surface area contributed by atoms with Crippen LogP contribution in [0, 0.1) is 13.8 Å². The average molecular weight is 310 g/mol. The molecule has 4 nitrogen and oxygen atoms in total. The van der Waals surface area contributed by atoms with E-state index in [0.29, 0.717) is 11.3 Å². The van der Waals surface area contributed by atoms with Crippen molar-refractivity contribution in [2.24, 2.45) is 0 Å². The highest BCUT2D eigenvalue weighted by atomic mass is 16.2. The van der Waals surface area contributed by atoms with Crippen LogP contribution in [0.25, 0.3) is 0 Å². The zero-order valence-electron chi connectivity index (χ0n) is 13.9. The zero-order valence-corrected chi connectivity index (χ0v) is 13.9. The first-order valence-corrected chi connectivity index (χ1v) is 7.63. The van der Waals surface area contributed by atoms with Crippen molar-refractivity contribution in [3.63, 3.8) is 0 Å². The molecule has 0 saturated heterocycles. The van der Waals surface area contributed by atoms with Crippen LogP contribution in [0.15, 0.2) is 42.5 Å². The van der Waals surface area contributed by atoms with Gasteiger partial charge in [-0.3, -0.25) is 9.59 Å². The van der Waals surface area contributed by atoms with Crippen LogP contribution in [0.4, 0.5) is 11.4 Å². The molecule has 2 rings (SSSR count). The van der Waals surface area contributed by atoms with Crippen molar-refractivity contribution in [1.29, 1.82) is 0 Å². The van der Waals surface area contributed by atoms with Crippen LogP contribution in [0.5, 0.6) is 0 Å². The molecule has 2 aromatic rings. The second-order valence-electron chi connectivity index (χ2n) is 5.78. The first kappa shape index (κ1) is 16.7. The Hall–Kier alpha value is -2.62. The van der Waals surface area contributed by atoms with Gasteiger partial charge < -0.3 is 10.6 Å². The number of rotatable bonds is 5. The fraction of sp³-hybridized carbons (Fsp3) is 0.263. The van der Waals surface area contributed by atoms with Gasteiger partial charge in [-0.2, -0.15) is 0 Å². The van der Waals surface area contributed by atoms with Crippen LogP contribution in [0.3, 0.4) is 0 Å². The summed E-state index contributed by atoms with van der Waals surface area (Å²) >= 11 is 0. The molecule has 0 heterocycles. The summed E-state index contributed by atoms with van der Waals surface area (Å²) in [4.78, 5) is 24.0. The predicted octanol–water partition coefficient (Wildman–Crippen LogP) is 3.95. The lowest BCUT2D eigenvalue weighted by molar-refractivity contribution is -0.116. The molecule has 23 heavy (non-hydrogen) atoms. The van der Waals surface area contributed by atoms with E-state index in [2.05, 4.69) is 16.7 Å². The van der Waals surface area contributed by atoms with Crippen molar-refractivity contribution < 1.29 is 9.59 Å². The Morgan fingerprint density at radius 3 is 2.35 bits per heavy atom. The molecule has 0 aliphatic carbocycles. The number of ketones is 1. The van der Waals surface area contributed by atoms with Gasteiger partial charge in [-0.25, -0.2) is 0 Å². The third-order valence-corrected chi connectivity index (χ3v) is 3.71. The lowest BCUT2D eigenvalue weighted by atomic mass is 10.1. The molecule has 2 aromatic carbocycles. The molecule has 0 saturated carbocycles. The lowest BCUT2D eigenvalue weighted by Crippen LogP contribution is -2.32. The van der Waals surface area contributed by atoms with E-state index in [1.807, 2.05) is 26.0 Å². The lowest BCUT2D eigenvalue weighted by Gasteiger charge is -2.18. The Labute approximate surface area is 136 Å². The maximum absolute atomic E-state index is 12.4. The van der Waals surface area contributed by atoms with Crippen molar-refractivity contribution in [1.82, 2.24) is 0 Å². The summed E-state index contributed by atoms with van der Waals surface area (Å²) < 4.78 is 0. The standard InChI is InChI=1S/C19H22N2O2/c1-12-9-10-17(13(2)11-12)20-14(3)19(23)21-18-8-6-5-7-16(18)15(4)22/h5-11,14,20H,1-4H3,(H,21,23)/t14-/m0/s1. The maximum atomic E-state index is 12.4. The number of amides is 1. The second kappa shape index (κ2) is 7.09. The van der Waals surface area contributed by atoms with E-state index in [1.165, 1.54) is 12.5 Å². The SMILES string of the molecule is CC(=O)c1ccccc1NC(=O)[C@H](C)Nc1ccc(C)cc1C. The maximum Gasteiger partial charge on any atom is 0.246 e. The monoisotopic (exact) mass is 310 g/mol. The summed E-state index contributed by atoms with van der Waals surface area (Å²) in [6.07, 6.45) is 0. The summed E-state index contributed by atoms with van der Waals surface area (Å²) in [7, 11) is 0. The Kier molecular flexibility index (Phi) is 5.16. The van der Waals surface area contributed by atoms with Crippen LogP contribution in [-0.2, 0) is 4.79 Å². The van der Waals surface area contributed by atoms with Gasteiger partial charge >= 0.3 is 0 Å². The van der Waals surface area contributed by atoms with Crippen LogP contribution < -0.4 is 10.6 Å². The summed E-state index contributed by atoms with van der Waals surface area (Å²) in [6, 6.07) is 12.6. The summed E-state index contributed by atoms with van der Waals surface area (Å²) in [6.45, 7) is 7.32. The summed E-state index contributed by atoms with van der Waals surface area (Å²) in [5.74, 6) is -0.255. The molecule has 0 unspecified atom stereocenters. The normalized spacial score (nSPS) is 11.7. The zero-order chi connectivity index (χ0) is 17.0. The Bertz CT molecular complexity index is 738. The van der Waals surface area contributed by atoms with Gasteiger partial charge in [0.25, 0.3) is 0 Å². The first-order valence-electron chi connectivity index (χ1n) is 7.63. The van der Waals surface area contributed by atoms with Crippen molar-refractivity contribution in [3.05, 3.63) is 59.2 Å². The van der Waals surface area contributed by atoms with E-state index < -0.39 is 6.04 Å². The minimum Gasteiger partial charge on any atom is -0.374 e. The molecule has 1 amide bonds. The molecule has 0 aliphatic heterocycles. The third kappa shape index (κ3) is 4.19. The number of carbonyl (C=O) groups is 2. The van der Waals surface area contributed by atoms with Gasteiger partial charge in [-0.15, -0.1) is 0 Å². The fourth-order valence-electron chi connectivity index (χ4n) is 2.41. The molecule has 4 heteroatoms. The number of para-hydroxylation sites is 1. The van der Waals surface area contributed by atoms with Gasteiger partial charge in [0, 0.05) is 11.3 Å². The number of anilines is 2. The highest BCUT2D eigenvalue weighted by Gasteiger charge is 2.16. The van der Waals surface area contributed by atoms with Crippen molar-refractivity contribution >= 4 is 23.1 Å². The van der Waals surface area contributed by atoms with Crippen molar-refractivity contribution in [2.45, 2.75) is 33.7 Å². The van der Waals surface area contributed by atoms with Gasteiger partial charge in [0.1, 0.15) is 6.04 Å². The second-order valence-corrected chi connectivity index (χ2v) is 5.78. The van der Waals surface area contributed by atoms with E-state index in [9.17, 15) is 9.59 Å². The minimum atomic E-state index is -0.420. The molecule has 120 valence electrons. The van der Waals surface area contributed by atoms with E-state index >= 15 is 0 Å². The van der Waals surface area contributed by atoms with Gasteiger partial charge in [0.05, 0.1) is 5.69 Å². The Morgan fingerprint density at radius 1 is 1.00 bits per heavy atom. The predicted molar refractivity (Wildman–Crippen MR) is 94.1 cm³/mol. The van der Waals surface area contributed by atoms with E-state index in [-0.39, 0.29) is 11.7 Å². The number of carbonyl (C=O) groups excluding carboxylic acids is 2. The molecule has 0 radical (unpaired) electrons. The van der Waals surface area contributed by atoms with Gasteiger partial charge in [0.2, 0.25) is 5.91 Å². The molecule has 0 aromatic heterocycles. The van der Waals surface area contributed by atoms with Crippen LogP contribution >= 0.6 is 0 Å². The molecule has 2 N–H and O–H groups in total. The first-order chi connectivity index (χ1) is 10.9. The number of benzene rings is 2. The van der Waals surface area contributed by atoms with E-state index in [1.54, 1.807) is 31.2 Å². The topological polar surface area (TPSA) is 58.2 Å². The van der Waals surface area contributed by atoms with Crippen LogP contribution in [-0.4, -0.2) is 17.7 Å². The Morgan fingerprint density at radius 2 is 1.70 bits per heavy atom. The van der Waals surface area contributed by atoms with E-state index in [4.69, 9.17) is 0 Å². The average Bonchev–Trinajstić information content (AvgIpc) is 2.50. The molecule has 0 fully saturated rings. The smallest absolute Gasteiger partial charge is 0.246 e. The van der Waals surface area contributed by atoms with Crippen molar-refractivity contribution in [3.8, 4) is 0 Å². The quantitative estimate of drug-likeness (QED) is 0.822. The molecule has 1 atom stereocenters. The number of hydrogen-bond acceptors (Lipinski definition) is 3. The fourth-order valence-corrected chi connectivity index (χ4v) is 2.41. The number of hydrogen-bond donors (Lipinski definition) is 2. The van der Waals surface area contributed by atoms with Crippen LogP contribution in [0.2, 0.25) is 0 Å². The van der Waals surface area contributed by atoms with Gasteiger partial charge in [-0.05, 0) is 51.5 Å². The van der Waals surface area contributed by atoms with E-state index in [0.717, 1.165) is 11.3 Å². The molecular formula is C19H22N2O2. The molecule has 0 bridgehead atoms. The highest BCUT2D eigenvalue weighted by molar-refractivity contribution is 6.05. The largest absolute Gasteiger partial charge is 0.374 e. The van der Waals surface area contributed by atoms with Gasteiger partial charge in [0.15, 0.2) is 5.78 Å². The molecule has 0 spiro atoms. The minimum absolute atomic E-state index is 0.0732. The number of Topliss-reactive ketones (excluding diaryl/α,β-unsaturated/α-hetero) is 1. The summed E-state index contributed by atoms with van der Waals surface area (Å²) in [5.41, 5.74) is 4.26. The number of nitrogens with one attached hydrogen (secondary N) is 2. The van der Waals surface area contributed by atoms with Gasteiger partial charge in [-0.1, -0.05) is 29.8 Å². The molecule has 0 aliphatic rings. The number of aryl methyl sites for hydroxylation is 2. The highest BCUT2D eigenvalue weighted by Crippen LogP contribution is 2.19.